The van der Waals surface area contributed by atoms with E-state index in [1.165, 1.54) is 23.9 Å². The Morgan fingerprint density at radius 1 is 1.06 bits per heavy atom. The van der Waals surface area contributed by atoms with E-state index < -0.39 is 5.91 Å². The number of hydrogen-bond acceptors (Lipinski definition) is 5. The quantitative estimate of drug-likeness (QED) is 0.650. The number of morpholine rings is 1. The molecule has 3 heterocycles. The summed E-state index contributed by atoms with van der Waals surface area (Å²) in [6.07, 6.45) is 0.0720. The number of aliphatic imine (C=N–C) groups is 1. The van der Waals surface area contributed by atoms with Crippen molar-refractivity contribution in [1.29, 1.82) is 0 Å². The minimum atomic E-state index is -0.390. The number of thioether (sulfide) groups is 1. The molecule has 3 aliphatic heterocycles. The molecule has 2 unspecified atom stereocenters. The van der Waals surface area contributed by atoms with Crippen molar-refractivity contribution in [2.45, 2.75) is 32.6 Å². The summed E-state index contributed by atoms with van der Waals surface area (Å²) < 4.78 is 19.1. The molecule has 6 nitrogen and oxygen atoms in total. The summed E-state index contributed by atoms with van der Waals surface area (Å²) in [5.41, 5.74) is 2.64. The van der Waals surface area contributed by atoms with Crippen LogP contribution in [-0.4, -0.2) is 47.2 Å². The summed E-state index contributed by atoms with van der Waals surface area (Å²) in [7, 11) is 0. The Labute approximate surface area is 189 Å². The highest BCUT2D eigenvalue weighted by Crippen LogP contribution is 2.44. The van der Waals surface area contributed by atoms with Crippen LogP contribution in [0.1, 0.15) is 25.0 Å². The molecule has 0 N–H and O–H groups in total. The molecular weight excluding hydrogens is 429 g/mol. The molecule has 2 atom stereocenters. The largest absolute Gasteiger partial charge is 0.372 e. The number of ether oxygens (including phenoxy) is 1. The SMILES string of the molecule is CC1CN(C2=NC(=O)/C(=C3/C(=O)N(Cc4ccc(F)cc4)c4ccccc43)S2)CC(C)O1. The van der Waals surface area contributed by atoms with E-state index in [9.17, 15) is 14.0 Å². The van der Waals surface area contributed by atoms with Gasteiger partial charge in [0.1, 0.15) is 5.82 Å². The van der Waals surface area contributed by atoms with Gasteiger partial charge in [0, 0.05) is 18.7 Å². The standard InChI is InChI=1S/C24H22FN3O3S/c1-14-11-27(12-15(2)31-14)24-26-22(29)21(32-24)20-18-5-3-4-6-19(18)28(23(20)30)13-16-7-9-17(25)10-8-16/h3-10,14-15H,11-13H2,1-2H3/b21-20-. The maximum Gasteiger partial charge on any atom is 0.287 e. The fourth-order valence-corrected chi connectivity index (χ4v) is 5.37. The van der Waals surface area contributed by atoms with Crippen molar-refractivity contribution in [2.75, 3.05) is 18.0 Å². The van der Waals surface area contributed by atoms with E-state index in [1.807, 2.05) is 38.1 Å². The zero-order chi connectivity index (χ0) is 22.4. The Morgan fingerprint density at radius 2 is 1.75 bits per heavy atom. The van der Waals surface area contributed by atoms with Gasteiger partial charge in [-0.1, -0.05) is 30.3 Å². The van der Waals surface area contributed by atoms with Gasteiger partial charge in [-0.15, -0.1) is 0 Å². The van der Waals surface area contributed by atoms with Crippen LogP contribution in [0.4, 0.5) is 10.1 Å². The van der Waals surface area contributed by atoms with Crippen LogP contribution in [0.3, 0.4) is 0 Å². The molecule has 5 rings (SSSR count). The van der Waals surface area contributed by atoms with Gasteiger partial charge in [-0.3, -0.25) is 9.59 Å². The highest BCUT2D eigenvalue weighted by molar-refractivity contribution is 8.18. The predicted molar refractivity (Wildman–Crippen MR) is 123 cm³/mol. The number of hydrogen-bond donors (Lipinski definition) is 0. The van der Waals surface area contributed by atoms with Crippen molar-refractivity contribution in [3.05, 3.63) is 70.4 Å². The number of amidine groups is 1. The van der Waals surface area contributed by atoms with Crippen molar-refractivity contribution in [2.24, 2.45) is 4.99 Å². The maximum atomic E-state index is 13.5. The van der Waals surface area contributed by atoms with Crippen LogP contribution in [0.15, 0.2) is 58.4 Å². The highest BCUT2D eigenvalue weighted by atomic mass is 32.2. The van der Waals surface area contributed by atoms with E-state index in [4.69, 9.17) is 4.74 Å². The van der Waals surface area contributed by atoms with E-state index in [1.54, 1.807) is 17.0 Å². The number of fused-ring (bicyclic) bond motifs is 1. The molecule has 0 aliphatic carbocycles. The smallest absolute Gasteiger partial charge is 0.287 e. The molecule has 3 aliphatic rings. The van der Waals surface area contributed by atoms with E-state index >= 15 is 0 Å². The van der Waals surface area contributed by atoms with Crippen LogP contribution >= 0.6 is 11.8 Å². The Bertz CT molecular complexity index is 1150. The second kappa shape index (κ2) is 8.18. The first-order chi connectivity index (χ1) is 15.4. The molecule has 2 aromatic rings. The molecule has 0 spiro atoms. The summed E-state index contributed by atoms with van der Waals surface area (Å²) in [6.45, 7) is 5.57. The zero-order valence-electron chi connectivity index (χ0n) is 17.7. The van der Waals surface area contributed by atoms with Gasteiger partial charge in [-0.05, 0) is 49.4 Å². The molecule has 8 heteroatoms. The van der Waals surface area contributed by atoms with Crippen molar-refractivity contribution >= 4 is 40.0 Å². The summed E-state index contributed by atoms with van der Waals surface area (Å²) >= 11 is 1.26. The van der Waals surface area contributed by atoms with Gasteiger partial charge in [0.15, 0.2) is 5.17 Å². The average molecular weight is 452 g/mol. The maximum absolute atomic E-state index is 13.5. The van der Waals surface area contributed by atoms with Gasteiger partial charge in [0.05, 0.1) is 34.9 Å². The Balaban J connectivity index is 1.47. The number of halogens is 1. The number of rotatable bonds is 2. The highest BCUT2D eigenvalue weighted by Gasteiger charge is 2.40. The van der Waals surface area contributed by atoms with Crippen LogP contribution in [0.5, 0.6) is 0 Å². The number of carbonyl (C=O) groups is 2. The lowest BCUT2D eigenvalue weighted by molar-refractivity contribution is -0.115. The molecule has 0 bridgehead atoms. The van der Waals surface area contributed by atoms with Crippen molar-refractivity contribution < 1.29 is 18.7 Å². The first kappa shape index (κ1) is 20.9. The molecule has 0 saturated carbocycles. The summed E-state index contributed by atoms with van der Waals surface area (Å²) in [5, 5.41) is 0.613. The molecular formula is C24H22FN3O3S. The molecule has 0 radical (unpaired) electrons. The van der Waals surface area contributed by atoms with Gasteiger partial charge in [0.25, 0.3) is 11.8 Å². The Kier molecular flexibility index (Phi) is 5.35. The molecule has 1 saturated heterocycles. The number of anilines is 1. The lowest BCUT2D eigenvalue weighted by atomic mass is 10.1. The molecule has 2 aromatic carbocycles. The van der Waals surface area contributed by atoms with Crippen molar-refractivity contribution in [3.63, 3.8) is 0 Å². The van der Waals surface area contributed by atoms with E-state index in [2.05, 4.69) is 9.89 Å². The van der Waals surface area contributed by atoms with Gasteiger partial charge < -0.3 is 14.5 Å². The molecule has 32 heavy (non-hydrogen) atoms. The van der Waals surface area contributed by atoms with Crippen LogP contribution < -0.4 is 4.90 Å². The molecule has 2 amide bonds. The minimum Gasteiger partial charge on any atom is -0.372 e. The number of carbonyl (C=O) groups excluding carboxylic acids is 2. The fourth-order valence-electron chi connectivity index (χ4n) is 4.35. The van der Waals surface area contributed by atoms with Gasteiger partial charge in [-0.2, -0.15) is 4.99 Å². The topological polar surface area (TPSA) is 62.2 Å². The van der Waals surface area contributed by atoms with E-state index in [0.717, 1.165) is 16.8 Å². The number of nitrogens with zero attached hydrogens (tertiary/aromatic N) is 3. The molecule has 0 aromatic heterocycles. The lowest BCUT2D eigenvalue weighted by Gasteiger charge is -2.35. The fraction of sp³-hybridized carbons (Fsp3) is 0.292. The Hall–Kier alpha value is -2.97. The Morgan fingerprint density at radius 3 is 2.47 bits per heavy atom. The second-order valence-corrected chi connectivity index (χ2v) is 9.18. The summed E-state index contributed by atoms with van der Waals surface area (Å²) in [4.78, 5) is 34.7. The van der Waals surface area contributed by atoms with Crippen LogP contribution in [0.25, 0.3) is 5.57 Å². The zero-order valence-corrected chi connectivity index (χ0v) is 18.6. The van der Waals surface area contributed by atoms with E-state index in [-0.39, 0.29) is 30.5 Å². The van der Waals surface area contributed by atoms with Crippen molar-refractivity contribution in [3.8, 4) is 0 Å². The van der Waals surface area contributed by atoms with Gasteiger partial charge in [-0.25, -0.2) is 4.39 Å². The first-order valence-electron chi connectivity index (χ1n) is 10.5. The number of para-hydroxylation sites is 1. The molecule has 1 fully saturated rings. The summed E-state index contributed by atoms with van der Waals surface area (Å²) in [5.74, 6) is -0.959. The monoisotopic (exact) mass is 451 g/mol. The van der Waals surface area contributed by atoms with Crippen LogP contribution in [0, 0.1) is 5.82 Å². The van der Waals surface area contributed by atoms with Crippen LogP contribution in [0.2, 0.25) is 0 Å². The second-order valence-electron chi connectivity index (χ2n) is 8.20. The molecule has 164 valence electrons. The lowest BCUT2D eigenvalue weighted by Crippen LogP contribution is -2.47. The van der Waals surface area contributed by atoms with Gasteiger partial charge in [0.2, 0.25) is 0 Å². The van der Waals surface area contributed by atoms with Gasteiger partial charge >= 0.3 is 0 Å². The minimum absolute atomic E-state index is 0.0360. The van der Waals surface area contributed by atoms with Crippen LogP contribution in [-0.2, 0) is 20.9 Å². The third-order valence-corrected chi connectivity index (χ3v) is 6.79. The van der Waals surface area contributed by atoms with E-state index in [0.29, 0.717) is 28.7 Å². The predicted octanol–water partition coefficient (Wildman–Crippen LogP) is 3.82. The number of amides is 2. The average Bonchev–Trinajstić information content (AvgIpc) is 3.26. The van der Waals surface area contributed by atoms with Crippen molar-refractivity contribution in [1.82, 2.24) is 4.90 Å². The first-order valence-corrected chi connectivity index (χ1v) is 11.3. The third-order valence-electron chi connectivity index (χ3n) is 5.68. The normalized spacial score (nSPS) is 25.4. The number of benzene rings is 2. The third kappa shape index (κ3) is 3.73. The summed E-state index contributed by atoms with van der Waals surface area (Å²) in [6, 6.07) is 13.5.